The molecule has 0 atom stereocenters. The number of ether oxygens (including phenoxy) is 1. The van der Waals surface area contributed by atoms with Crippen LogP contribution in [0.1, 0.15) is 21.7 Å². The maximum Gasteiger partial charge on any atom is 0.374 e. The maximum absolute atomic E-state index is 11.5. The van der Waals surface area contributed by atoms with Gasteiger partial charge in [0.2, 0.25) is 5.76 Å². The van der Waals surface area contributed by atoms with Crippen LogP contribution in [0.25, 0.3) is 0 Å². The summed E-state index contributed by atoms with van der Waals surface area (Å²) >= 11 is 2.28. The number of anilines is 1. The average Bonchev–Trinajstić information content (AvgIpc) is 2.85. The molecule has 1 aromatic heterocycles. The molecule has 19 heavy (non-hydrogen) atoms. The Labute approximate surface area is 125 Å². The lowest BCUT2D eigenvalue weighted by atomic mass is 10.2. The summed E-state index contributed by atoms with van der Waals surface area (Å²) in [6.07, 6.45) is 1.49. The molecule has 100 valence electrons. The highest BCUT2D eigenvalue weighted by molar-refractivity contribution is 14.1. The Balaban J connectivity index is 2.10. The number of hydrogen-bond donors (Lipinski definition) is 1. The second-order valence-electron chi connectivity index (χ2n) is 4.08. The summed E-state index contributed by atoms with van der Waals surface area (Å²) in [6.45, 7) is 2.56. The third kappa shape index (κ3) is 3.28. The predicted octanol–water partition coefficient (Wildman–Crippen LogP) is 3.59. The van der Waals surface area contributed by atoms with Crippen LogP contribution < -0.4 is 5.32 Å². The lowest BCUT2D eigenvalue weighted by molar-refractivity contribution is 0.0563. The molecule has 0 aliphatic carbocycles. The summed E-state index contributed by atoms with van der Waals surface area (Å²) in [5.74, 6) is -0.209. The number of furan rings is 1. The molecule has 0 saturated carbocycles. The van der Waals surface area contributed by atoms with Gasteiger partial charge in [0.05, 0.1) is 13.4 Å². The number of halogens is 1. The van der Waals surface area contributed by atoms with Crippen molar-refractivity contribution in [2.75, 3.05) is 12.4 Å². The van der Waals surface area contributed by atoms with Crippen LogP contribution in [0.4, 0.5) is 5.69 Å². The molecule has 2 aromatic rings. The second kappa shape index (κ2) is 6.10. The van der Waals surface area contributed by atoms with Crippen molar-refractivity contribution in [2.24, 2.45) is 0 Å². The number of hydrogen-bond acceptors (Lipinski definition) is 4. The maximum atomic E-state index is 11.5. The van der Waals surface area contributed by atoms with E-state index in [0.29, 0.717) is 6.54 Å². The summed E-state index contributed by atoms with van der Waals surface area (Å²) in [5.41, 5.74) is 2.98. The van der Waals surface area contributed by atoms with Crippen molar-refractivity contribution >= 4 is 34.2 Å². The lowest BCUT2D eigenvalue weighted by Crippen LogP contribution is -2.07. The summed E-state index contributed by atoms with van der Waals surface area (Å²) in [7, 11) is 1.34. The summed E-state index contributed by atoms with van der Waals surface area (Å²) in [4.78, 5) is 11.5. The van der Waals surface area contributed by atoms with Gasteiger partial charge in [-0.3, -0.25) is 0 Å². The van der Waals surface area contributed by atoms with Crippen molar-refractivity contribution in [1.82, 2.24) is 0 Å². The minimum Gasteiger partial charge on any atom is -0.463 e. The van der Waals surface area contributed by atoms with Gasteiger partial charge in [0, 0.05) is 21.4 Å². The Morgan fingerprint density at radius 1 is 1.42 bits per heavy atom. The number of esters is 1. The largest absolute Gasteiger partial charge is 0.463 e. The predicted molar refractivity (Wildman–Crippen MR) is 81.3 cm³/mol. The lowest BCUT2D eigenvalue weighted by Gasteiger charge is -2.09. The van der Waals surface area contributed by atoms with Crippen LogP contribution in [-0.2, 0) is 11.3 Å². The number of aryl methyl sites for hydroxylation is 1. The van der Waals surface area contributed by atoms with E-state index in [2.05, 4.69) is 38.7 Å². The zero-order valence-electron chi connectivity index (χ0n) is 10.7. The van der Waals surface area contributed by atoms with Gasteiger partial charge in [-0.2, -0.15) is 0 Å². The van der Waals surface area contributed by atoms with Crippen molar-refractivity contribution in [3.05, 3.63) is 51.0 Å². The van der Waals surface area contributed by atoms with Crippen molar-refractivity contribution in [3.63, 3.8) is 0 Å². The normalized spacial score (nSPS) is 10.3. The molecule has 0 spiro atoms. The number of methoxy groups -OCH3 is 1. The van der Waals surface area contributed by atoms with E-state index < -0.39 is 5.97 Å². The zero-order chi connectivity index (χ0) is 13.8. The number of rotatable bonds is 4. The van der Waals surface area contributed by atoms with Gasteiger partial charge in [0.1, 0.15) is 0 Å². The zero-order valence-corrected chi connectivity index (χ0v) is 12.9. The SMILES string of the molecule is COC(=O)c1occc1CNc1ccc(I)cc1C. The monoisotopic (exact) mass is 371 g/mol. The first kappa shape index (κ1) is 13.9. The van der Waals surface area contributed by atoms with E-state index in [4.69, 9.17) is 4.42 Å². The molecule has 0 aliphatic heterocycles. The molecule has 0 bridgehead atoms. The summed E-state index contributed by atoms with van der Waals surface area (Å²) in [6, 6.07) is 7.92. The topological polar surface area (TPSA) is 51.5 Å². The van der Waals surface area contributed by atoms with E-state index in [1.165, 1.54) is 16.9 Å². The van der Waals surface area contributed by atoms with Gasteiger partial charge in [-0.1, -0.05) is 0 Å². The molecule has 0 radical (unpaired) electrons. The highest BCUT2D eigenvalue weighted by Crippen LogP contribution is 2.20. The van der Waals surface area contributed by atoms with Crippen LogP contribution in [0.3, 0.4) is 0 Å². The van der Waals surface area contributed by atoms with E-state index in [1.807, 2.05) is 19.1 Å². The molecule has 0 fully saturated rings. The first-order valence-corrected chi connectivity index (χ1v) is 6.84. The van der Waals surface area contributed by atoms with Crippen LogP contribution in [-0.4, -0.2) is 13.1 Å². The smallest absolute Gasteiger partial charge is 0.374 e. The molecule has 1 heterocycles. The van der Waals surface area contributed by atoms with Crippen LogP contribution in [0.5, 0.6) is 0 Å². The second-order valence-corrected chi connectivity index (χ2v) is 5.32. The quantitative estimate of drug-likeness (QED) is 0.659. The van der Waals surface area contributed by atoms with Crippen LogP contribution in [0, 0.1) is 10.5 Å². The fraction of sp³-hybridized carbons (Fsp3) is 0.214. The van der Waals surface area contributed by atoms with Gasteiger partial charge in [0.15, 0.2) is 0 Å². The minimum atomic E-state index is -0.457. The van der Waals surface area contributed by atoms with Crippen molar-refractivity contribution < 1.29 is 13.9 Å². The molecule has 1 N–H and O–H groups in total. The Kier molecular flexibility index (Phi) is 4.47. The standard InChI is InChI=1S/C14H14INO3/c1-9-7-11(15)3-4-12(9)16-8-10-5-6-19-13(10)14(17)18-2/h3-7,16H,8H2,1-2H3. The molecule has 0 saturated heterocycles. The van der Waals surface area contributed by atoms with Crippen LogP contribution >= 0.6 is 22.6 Å². The third-order valence-corrected chi connectivity index (χ3v) is 3.45. The Bertz CT molecular complexity index is 592. The van der Waals surface area contributed by atoms with Gasteiger partial charge in [-0.05, 0) is 59.3 Å². The summed E-state index contributed by atoms with van der Waals surface area (Å²) < 4.78 is 11.0. The van der Waals surface area contributed by atoms with Crippen molar-refractivity contribution in [2.45, 2.75) is 13.5 Å². The number of carbonyl (C=O) groups excluding carboxylic acids is 1. The number of benzene rings is 1. The van der Waals surface area contributed by atoms with E-state index in [1.54, 1.807) is 6.07 Å². The Hall–Kier alpha value is -1.50. The van der Waals surface area contributed by atoms with E-state index in [9.17, 15) is 4.79 Å². The van der Waals surface area contributed by atoms with Crippen molar-refractivity contribution in [1.29, 1.82) is 0 Å². The van der Waals surface area contributed by atoms with Gasteiger partial charge >= 0.3 is 5.97 Å². The third-order valence-electron chi connectivity index (χ3n) is 2.78. The van der Waals surface area contributed by atoms with Gasteiger partial charge < -0.3 is 14.5 Å². The van der Waals surface area contributed by atoms with Crippen molar-refractivity contribution in [3.8, 4) is 0 Å². The molecular formula is C14H14INO3. The molecule has 0 aliphatic rings. The van der Waals surface area contributed by atoms with E-state index >= 15 is 0 Å². The number of nitrogens with one attached hydrogen (secondary N) is 1. The fourth-order valence-corrected chi connectivity index (χ4v) is 2.41. The first-order chi connectivity index (χ1) is 9.11. The Morgan fingerprint density at radius 2 is 2.21 bits per heavy atom. The molecule has 4 nitrogen and oxygen atoms in total. The van der Waals surface area contributed by atoms with Crippen LogP contribution in [0.15, 0.2) is 34.9 Å². The molecule has 0 amide bonds. The molecule has 0 unspecified atom stereocenters. The first-order valence-electron chi connectivity index (χ1n) is 5.76. The van der Waals surface area contributed by atoms with E-state index in [0.717, 1.165) is 16.8 Å². The molecular weight excluding hydrogens is 357 g/mol. The van der Waals surface area contributed by atoms with Gasteiger partial charge in [0.25, 0.3) is 0 Å². The minimum absolute atomic E-state index is 0.248. The van der Waals surface area contributed by atoms with Gasteiger partial charge in [-0.15, -0.1) is 0 Å². The van der Waals surface area contributed by atoms with E-state index in [-0.39, 0.29) is 5.76 Å². The summed E-state index contributed by atoms with van der Waals surface area (Å²) in [5, 5.41) is 3.29. The number of carbonyl (C=O) groups is 1. The van der Waals surface area contributed by atoms with Crippen LogP contribution in [0.2, 0.25) is 0 Å². The Morgan fingerprint density at radius 3 is 2.89 bits per heavy atom. The molecule has 2 rings (SSSR count). The molecule has 5 heteroatoms. The fourth-order valence-electron chi connectivity index (χ4n) is 1.76. The average molecular weight is 371 g/mol. The van der Waals surface area contributed by atoms with Gasteiger partial charge in [-0.25, -0.2) is 4.79 Å². The highest BCUT2D eigenvalue weighted by Gasteiger charge is 2.15. The highest BCUT2D eigenvalue weighted by atomic mass is 127. The molecule has 1 aromatic carbocycles.